The number of halogens is 2. The first-order chi connectivity index (χ1) is 21.3. The first-order valence-corrected chi connectivity index (χ1v) is 16.2. The maximum atomic E-state index is 14.0. The molecule has 5 atom stereocenters. The molecule has 0 aromatic heterocycles. The molecule has 5 N–H and O–H groups in total. The lowest BCUT2D eigenvalue weighted by Crippen LogP contribution is -2.62. The van der Waals surface area contributed by atoms with Gasteiger partial charge in [-0.1, -0.05) is 64.4 Å². The summed E-state index contributed by atoms with van der Waals surface area (Å²) in [4.78, 5) is 80.0. The molecule has 0 bridgehead atoms. The molecule has 0 radical (unpaired) electrons. The summed E-state index contributed by atoms with van der Waals surface area (Å²) in [6.45, 7) is 12.5. The number of carbonyl (C=O) groups is 6. The number of urea groups is 1. The molecule has 6 amide bonds. The number of Topliss-reactive ketones (excluding diaryl/α,β-unsaturated/α-hetero) is 1. The van der Waals surface area contributed by atoms with Crippen LogP contribution in [0, 0.1) is 17.3 Å². The monoisotopic (exact) mass is 680 g/mol. The van der Waals surface area contributed by atoms with Crippen molar-refractivity contribution in [1.82, 2.24) is 31.5 Å². The van der Waals surface area contributed by atoms with Gasteiger partial charge in [0.1, 0.15) is 16.4 Å². The zero-order chi connectivity index (χ0) is 34.6. The quantitative estimate of drug-likeness (QED) is 0.168. The average molecular weight is 682 g/mol. The van der Waals surface area contributed by atoms with Crippen LogP contribution in [0.3, 0.4) is 0 Å². The van der Waals surface area contributed by atoms with Crippen molar-refractivity contribution in [1.29, 1.82) is 0 Å². The third-order valence-corrected chi connectivity index (χ3v) is 9.00. The highest BCUT2D eigenvalue weighted by molar-refractivity contribution is 6.51. The van der Waals surface area contributed by atoms with Gasteiger partial charge < -0.3 is 31.5 Å². The van der Waals surface area contributed by atoms with E-state index in [1.54, 1.807) is 27.7 Å². The second kappa shape index (κ2) is 14.6. The van der Waals surface area contributed by atoms with Crippen molar-refractivity contribution in [2.24, 2.45) is 17.3 Å². The normalized spacial score (nSPS) is 21.2. The van der Waals surface area contributed by atoms with Crippen LogP contribution < -0.4 is 26.6 Å². The van der Waals surface area contributed by atoms with E-state index in [2.05, 4.69) is 26.6 Å². The van der Waals surface area contributed by atoms with Crippen molar-refractivity contribution in [2.45, 2.75) is 95.9 Å². The first-order valence-electron chi connectivity index (χ1n) is 15.5. The molecule has 1 aromatic rings. The molecule has 1 aliphatic carbocycles. The molecular weight excluding hydrogens is 635 g/mol. The fraction of sp³-hybridized carbons (Fsp3) is 0.625. The highest BCUT2D eigenvalue weighted by atomic mass is 35.5. The smallest absolute Gasteiger partial charge is 0.315 e. The highest BCUT2D eigenvalue weighted by Crippen LogP contribution is 2.65. The van der Waals surface area contributed by atoms with Crippen LogP contribution in [0.5, 0.6) is 0 Å². The van der Waals surface area contributed by atoms with Gasteiger partial charge in [-0.25, -0.2) is 4.79 Å². The van der Waals surface area contributed by atoms with Gasteiger partial charge in [-0.05, 0) is 38.2 Å². The van der Waals surface area contributed by atoms with Crippen molar-refractivity contribution in [3.8, 4) is 0 Å². The van der Waals surface area contributed by atoms with E-state index in [1.165, 1.54) is 4.90 Å². The Bertz CT molecular complexity index is 1330. The Morgan fingerprint density at radius 2 is 1.59 bits per heavy atom. The van der Waals surface area contributed by atoms with Gasteiger partial charge in [0.25, 0.3) is 5.91 Å². The average Bonchev–Trinajstić information content (AvgIpc) is 3.27. The number of rotatable bonds is 12. The van der Waals surface area contributed by atoms with Crippen molar-refractivity contribution < 1.29 is 28.8 Å². The van der Waals surface area contributed by atoms with Crippen LogP contribution in [0.2, 0.25) is 0 Å². The molecule has 2 aliphatic rings. The fourth-order valence-electron chi connectivity index (χ4n) is 5.54. The second-order valence-corrected chi connectivity index (χ2v) is 15.5. The zero-order valence-electron chi connectivity index (χ0n) is 27.5. The Labute approximate surface area is 280 Å². The lowest BCUT2D eigenvalue weighted by Gasteiger charge is -2.38. The summed E-state index contributed by atoms with van der Waals surface area (Å²) in [5.41, 5.74) is -0.411. The number of amides is 6. The van der Waals surface area contributed by atoms with Crippen LogP contribution in [-0.4, -0.2) is 81.4 Å². The molecule has 1 saturated carbocycles. The molecule has 1 aromatic carbocycles. The molecular formula is C32H46Cl2N6O6. The van der Waals surface area contributed by atoms with Crippen LogP contribution in [0.15, 0.2) is 30.3 Å². The maximum absolute atomic E-state index is 14.0. The third kappa shape index (κ3) is 9.34. The van der Waals surface area contributed by atoms with Crippen molar-refractivity contribution in [3.05, 3.63) is 35.9 Å². The number of alkyl halides is 2. The van der Waals surface area contributed by atoms with E-state index in [-0.39, 0.29) is 19.5 Å². The van der Waals surface area contributed by atoms with Crippen LogP contribution in [0.4, 0.5) is 4.79 Å². The Kier molecular flexibility index (Phi) is 11.8. The number of nitrogens with one attached hydrogen (secondary N) is 5. The van der Waals surface area contributed by atoms with Gasteiger partial charge in [0.2, 0.25) is 23.5 Å². The number of piperidine rings is 1. The van der Waals surface area contributed by atoms with Crippen LogP contribution in [-0.2, 0) is 30.5 Å². The SMILES string of the molecule is CCCC(NC(=O)[C@@H]1[C@H]2[C@@H](CN1C(=O)[C@@H](NC(=O)NC(C)(C)C)C(C)(C)C)C2(Cl)Cl)C(=O)C(=O)NCC(=O)NCc1ccccc1. The van der Waals surface area contributed by atoms with E-state index in [1.807, 2.05) is 51.1 Å². The van der Waals surface area contributed by atoms with Gasteiger partial charge in [0.15, 0.2) is 0 Å². The largest absolute Gasteiger partial charge is 0.350 e. The Balaban J connectivity index is 1.70. The van der Waals surface area contributed by atoms with Gasteiger partial charge in [0, 0.05) is 30.5 Å². The van der Waals surface area contributed by atoms with Crippen molar-refractivity contribution >= 4 is 58.6 Å². The summed E-state index contributed by atoms with van der Waals surface area (Å²) in [6.07, 6.45) is 0.591. The van der Waals surface area contributed by atoms with E-state index in [0.717, 1.165) is 5.56 Å². The van der Waals surface area contributed by atoms with E-state index < -0.39 is 87.2 Å². The van der Waals surface area contributed by atoms with Crippen LogP contribution in [0.25, 0.3) is 0 Å². The van der Waals surface area contributed by atoms with Gasteiger partial charge in [0.05, 0.1) is 12.6 Å². The third-order valence-electron chi connectivity index (χ3n) is 7.94. The van der Waals surface area contributed by atoms with Crippen molar-refractivity contribution in [2.75, 3.05) is 13.1 Å². The van der Waals surface area contributed by atoms with Gasteiger partial charge in [-0.15, -0.1) is 23.2 Å². The minimum absolute atomic E-state index is 0.0781. The molecule has 12 nitrogen and oxygen atoms in total. The predicted octanol–water partition coefficient (Wildman–Crippen LogP) is 2.42. The first kappa shape index (κ1) is 37.1. The Morgan fingerprint density at radius 3 is 2.15 bits per heavy atom. The number of nitrogens with zero attached hydrogens (tertiary/aromatic N) is 1. The number of fused-ring (bicyclic) bond motifs is 1. The number of ketones is 1. The fourth-order valence-corrected chi connectivity index (χ4v) is 6.36. The van der Waals surface area contributed by atoms with E-state index >= 15 is 0 Å². The number of likely N-dealkylation sites (tertiary alicyclic amines) is 1. The zero-order valence-corrected chi connectivity index (χ0v) is 29.0. The molecule has 254 valence electrons. The Hall–Kier alpha value is -3.38. The van der Waals surface area contributed by atoms with Gasteiger partial charge in [-0.2, -0.15) is 0 Å². The van der Waals surface area contributed by atoms with Crippen LogP contribution >= 0.6 is 23.2 Å². The molecule has 3 rings (SSSR count). The standard InChI is InChI=1S/C32H46Cl2N6O6/c1-8-12-20(24(42)27(44)36-16-21(41)35-15-18-13-10-9-11-14-18)37-26(43)23-22-19(32(22,33)34)17-40(23)28(45)25(30(2,3)4)38-29(46)39-31(5,6)7/h9-11,13-14,19-20,22-23,25H,8,12,15-17H2,1-7H3,(H,35,41)(H,36,44)(H,37,43)(H2,38,39,46)/t19-,20?,22-,23+,25-/m1/s1. The maximum Gasteiger partial charge on any atom is 0.315 e. The summed E-state index contributed by atoms with van der Waals surface area (Å²) >= 11 is 13.0. The van der Waals surface area contributed by atoms with Gasteiger partial charge in [-0.3, -0.25) is 24.0 Å². The number of carbonyl (C=O) groups excluding carboxylic acids is 6. The molecule has 1 aliphatic heterocycles. The molecule has 46 heavy (non-hydrogen) atoms. The molecule has 1 saturated heterocycles. The molecule has 0 spiro atoms. The highest BCUT2D eigenvalue weighted by Gasteiger charge is 2.74. The number of benzene rings is 1. The minimum Gasteiger partial charge on any atom is -0.350 e. The predicted molar refractivity (Wildman–Crippen MR) is 175 cm³/mol. The van der Waals surface area contributed by atoms with E-state index in [9.17, 15) is 28.8 Å². The number of hydrogen-bond donors (Lipinski definition) is 5. The van der Waals surface area contributed by atoms with Gasteiger partial charge >= 0.3 is 6.03 Å². The lowest BCUT2D eigenvalue weighted by atomic mass is 9.85. The molecule has 1 heterocycles. The minimum atomic E-state index is -1.25. The summed E-state index contributed by atoms with van der Waals surface area (Å²) in [5.74, 6) is -4.61. The molecule has 1 unspecified atom stereocenters. The topological polar surface area (TPSA) is 166 Å². The summed E-state index contributed by atoms with van der Waals surface area (Å²) in [5, 5.41) is 13.2. The summed E-state index contributed by atoms with van der Waals surface area (Å²) < 4.78 is -1.25. The molecule has 14 heteroatoms. The summed E-state index contributed by atoms with van der Waals surface area (Å²) in [6, 6.07) is 5.30. The lowest BCUT2D eigenvalue weighted by molar-refractivity contribution is -0.144. The summed E-state index contributed by atoms with van der Waals surface area (Å²) in [7, 11) is 0. The van der Waals surface area contributed by atoms with Crippen molar-refractivity contribution in [3.63, 3.8) is 0 Å². The second-order valence-electron chi connectivity index (χ2n) is 14.0. The number of hydrogen-bond acceptors (Lipinski definition) is 6. The van der Waals surface area contributed by atoms with E-state index in [4.69, 9.17) is 23.2 Å². The molecule has 2 fully saturated rings. The Morgan fingerprint density at radius 1 is 0.957 bits per heavy atom. The van der Waals surface area contributed by atoms with Crippen LogP contribution in [0.1, 0.15) is 66.9 Å². The van der Waals surface area contributed by atoms with E-state index in [0.29, 0.717) is 6.42 Å².